The minimum Gasteiger partial charge on any atom is -0.381 e. The Balaban J connectivity index is 2.04. The summed E-state index contributed by atoms with van der Waals surface area (Å²) in [7, 11) is 0. The van der Waals surface area contributed by atoms with Crippen LogP contribution in [0.4, 0.5) is 4.39 Å². The minimum atomic E-state index is -0.341. The lowest BCUT2D eigenvalue weighted by Gasteiger charge is -2.23. The molecule has 18 heavy (non-hydrogen) atoms. The van der Waals surface area contributed by atoms with Gasteiger partial charge in [0.05, 0.1) is 11.6 Å². The summed E-state index contributed by atoms with van der Waals surface area (Å²) < 4.78 is 18.8. The number of ether oxygens (including phenoxy) is 1. The van der Waals surface area contributed by atoms with Gasteiger partial charge in [0.15, 0.2) is 0 Å². The van der Waals surface area contributed by atoms with Gasteiger partial charge in [-0.3, -0.25) is 0 Å². The van der Waals surface area contributed by atoms with Crippen LogP contribution in [0.15, 0.2) is 18.2 Å². The molecule has 0 spiro atoms. The second kappa shape index (κ2) is 6.50. The van der Waals surface area contributed by atoms with Crippen LogP contribution in [0, 0.1) is 11.7 Å². The molecule has 1 aromatic carbocycles. The van der Waals surface area contributed by atoms with Gasteiger partial charge in [-0.1, -0.05) is 24.6 Å². The third-order valence-corrected chi connectivity index (χ3v) is 3.75. The molecule has 1 aliphatic rings. The van der Waals surface area contributed by atoms with Gasteiger partial charge in [-0.2, -0.15) is 0 Å². The lowest BCUT2D eigenvalue weighted by atomic mass is 9.93. The maximum atomic E-state index is 13.4. The average molecular weight is 272 g/mol. The Hall–Kier alpha value is -0.640. The summed E-state index contributed by atoms with van der Waals surface area (Å²) in [5, 5.41) is 3.65. The molecule has 0 amide bonds. The number of rotatable bonds is 5. The fourth-order valence-electron chi connectivity index (χ4n) is 2.46. The van der Waals surface area contributed by atoms with Crippen molar-refractivity contribution in [3.63, 3.8) is 0 Å². The highest BCUT2D eigenvalue weighted by molar-refractivity contribution is 6.30. The highest BCUT2D eigenvalue weighted by atomic mass is 35.5. The first kappa shape index (κ1) is 13.8. The standard InChI is InChI=1S/C14H19ClFNO/c1-2-17-14(11-5-6-18-9-11)8-10-3-4-12(15)13(16)7-10/h3-4,7,11,14,17H,2,5-6,8-9H2,1H3. The first-order valence-corrected chi connectivity index (χ1v) is 6.83. The summed E-state index contributed by atoms with van der Waals surface area (Å²) in [6.07, 6.45) is 1.89. The molecule has 2 atom stereocenters. The quantitative estimate of drug-likeness (QED) is 0.889. The van der Waals surface area contributed by atoms with Crippen molar-refractivity contribution in [1.82, 2.24) is 5.32 Å². The molecule has 2 rings (SSSR count). The Morgan fingerprint density at radius 1 is 1.56 bits per heavy atom. The number of hydrogen-bond donors (Lipinski definition) is 1. The van der Waals surface area contributed by atoms with Gasteiger partial charge in [0.1, 0.15) is 5.82 Å². The summed E-state index contributed by atoms with van der Waals surface area (Å²) in [6.45, 7) is 4.64. The predicted octanol–water partition coefficient (Wildman–Crippen LogP) is 3.04. The summed E-state index contributed by atoms with van der Waals surface area (Å²) in [6, 6.07) is 5.40. The minimum absolute atomic E-state index is 0.183. The van der Waals surface area contributed by atoms with Crippen LogP contribution in [0.5, 0.6) is 0 Å². The normalized spacial score (nSPS) is 21.2. The van der Waals surface area contributed by atoms with Gasteiger partial charge in [-0.05, 0) is 37.1 Å². The lowest BCUT2D eigenvalue weighted by molar-refractivity contribution is 0.176. The molecule has 100 valence electrons. The fourth-order valence-corrected chi connectivity index (χ4v) is 2.58. The lowest BCUT2D eigenvalue weighted by Crippen LogP contribution is -2.38. The third kappa shape index (κ3) is 3.44. The number of nitrogens with one attached hydrogen (secondary N) is 1. The van der Waals surface area contributed by atoms with Crippen molar-refractivity contribution in [3.05, 3.63) is 34.6 Å². The summed E-state index contributed by atoms with van der Waals surface area (Å²) in [5.74, 6) is 0.177. The van der Waals surface area contributed by atoms with Crippen molar-refractivity contribution in [3.8, 4) is 0 Å². The molecule has 0 aromatic heterocycles. The summed E-state index contributed by atoms with van der Waals surface area (Å²) in [4.78, 5) is 0. The molecular formula is C14H19ClFNO. The van der Waals surface area contributed by atoms with Gasteiger partial charge in [0.2, 0.25) is 0 Å². The van der Waals surface area contributed by atoms with Crippen LogP contribution in [-0.4, -0.2) is 25.8 Å². The van der Waals surface area contributed by atoms with Gasteiger partial charge in [-0.15, -0.1) is 0 Å². The van der Waals surface area contributed by atoms with Crippen LogP contribution in [0.3, 0.4) is 0 Å². The van der Waals surface area contributed by atoms with Crippen LogP contribution in [-0.2, 0) is 11.2 Å². The van der Waals surface area contributed by atoms with E-state index in [1.54, 1.807) is 6.07 Å². The van der Waals surface area contributed by atoms with Crippen molar-refractivity contribution in [2.75, 3.05) is 19.8 Å². The van der Waals surface area contributed by atoms with Crippen LogP contribution in [0.1, 0.15) is 18.9 Å². The Morgan fingerprint density at radius 2 is 2.39 bits per heavy atom. The maximum absolute atomic E-state index is 13.4. The first-order valence-electron chi connectivity index (χ1n) is 6.45. The van der Waals surface area contributed by atoms with E-state index in [1.165, 1.54) is 6.07 Å². The zero-order valence-electron chi connectivity index (χ0n) is 10.6. The molecule has 1 aliphatic heterocycles. The van der Waals surface area contributed by atoms with Crippen LogP contribution in [0.25, 0.3) is 0 Å². The largest absolute Gasteiger partial charge is 0.381 e. The Bertz CT molecular complexity index is 393. The van der Waals surface area contributed by atoms with Gasteiger partial charge in [-0.25, -0.2) is 4.39 Å². The van der Waals surface area contributed by atoms with E-state index in [4.69, 9.17) is 16.3 Å². The van der Waals surface area contributed by atoms with Crippen LogP contribution in [0.2, 0.25) is 5.02 Å². The van der Waals surface area contributed by atoms with Gasteiger partial charge >= 0.3 is 0 Å². The molecule has 1 aromatic rings. The smallest absolute Gasteiger partial charge is 0.142 e. The molecule has 1 N–H and O–H groups in total. The number of likely N-dealkylation sites (N-methyl/N-ethyl adjacent to an activating group) is 1. The topological polar surface area (TPSA) is 21.3 Å². The SMILES string of the molecule is CCNC(Cc1ccc(Cl)c(F)c1)C1CCOC1. The second-order valence-corrected chi connectivity index (χ2v) is 5.15. The van der Waals surface area contributed by atoms with Crippen molar-refractivity contribution < 1.29 is 9.13 Å². The highest BCUT2D eigenvalue weighted by Crippen LogP contribution is 2.22. The van der Waals surface area contributed by atoms with Crippen molar-refractivity contribution in [2.24, 2.45) is 5.92 Å². The van der Waals surface area contributed by atoms with E-state index in [-0.39, 0.29) is 10.8 Å². The van der Waals surface area contributed by atoms with Crippen molar-refractivity contribution in [1.29, 1.82) is 0 Å². The highest BCUT2D eigenvalue weighted by Gasteiger charge is 2.25. The van der Waals surface area contributed by atoms with E-state index in [2.05, 4.69) is 12.2 Å². The molecule has 2 unspecified atom stereocenters. The summed E-state index contributed by atoms with van der Waals surface area (Å²) >= 11 is 5.69. The molecule has 0 saturated carbocycles. The Kier molecular flexibility index (Phi) is 4.98. The molecule has 4 heteroatoms. The molecule has 1 heterocycles. The van der Waals surface area contributed by atoms with Gasteiger partial charge in [0.25, 0.3) is 0 Å². The predicted molar refractivity (Wildman–Crippen MR) is 71.5 cm³/mol. The van der Waals surface area contributed by atoms with Crippen molar-refractivity contribution >= 4 is 11.6 Å². The van der Waals surface area contributed by atoms with E-state index >= 15 is 0 Å². The second-order valence-electron chi connectivity index (χ2n) is 4.74. The molecule has 0 radical (unpaired) electrons. The number of halogens is 2. The van der Waals surface area contributed by atoms with E-state index in [1.807, 2.05) is 6.07 Å². The first-order chi connectivity index (χ1) is 8.70. The molecule has 0 bridgehead atoms. The number of benzene rings is 1. The Labute approximate surface area is 112 Å². The molecule has 1 fully saturated rings. The van der Waals surface area contributed by atoms with E-state index in [0.29, 0.717) is 12.0 Å². The van der Waals surface area contributed by atoms with Gasteiger partial charge < -0.3 is 10.1 Å². The van der Waals surface area contributed by atoms with Crippen LogP contribution < -0.4 is 5.32 Å². The van der Waals surface area contributed by atoms with E-state index in [0.717, 1.165) is 38.2 Å². The maximum Gasteiger partial charge on any atom is 0.142 e. The Morgan fingerprint density at radius 3 is 3.00 bits per heavy atom. The molecular weight excluding hydrogens is 253 g/mol. The van der Waals surface area contributed by atoms with Gasteiger partial charge in [0, 0.05) is 18.6 Å². The van der Waals surface area contributed by atoms with E-state index in [9.17, 15) is 4.39 Å². The number of hydrogen-bond acceptors (Lipinski definition) is 2. The zero-order chi connectivity index (χ0) is 13.0. The van der Waals surface area contributed by atoms with E-state index < -0.39 is 0 Å². The third-order valence-electron chi connectivity index (χ3n) is 3.44. The molecule has 0 aliphatic carbocycles. The molecule has 1 saturated heterocycles. The zero-order valence-corrected chi connectivity index (χ0v) is 11.3. The molecule has 2 nitrogen and oxygen atoms in total. The van der Waals surface area contributed by atoms with Crippen LogP contribution >= 0.6 is 11.6 Å². The monoisotopic (exact) mass is 271 g/mol. The average Bonchev–Trinajstić information content (AvgIpc) is 2.87. The fraction of sp³-hybridized carbons (Fsp3) is 0.571. The summed E-state index contributed by atoms with van der Waals surface area (Å²) in [5.41, 5.74) is 0.981. The van der Waals surface area contributed by atoms with Crippen molar-refractivity contribution in [2.45, 2.75) is 25.8 Å².